The molecule has 0 saturated heterocycles. The summed E-state index contributed by atoms with van der Waals surface area (Å²) in [6.45, 7) is 0.143. The number of rotatable bonds is 5. The minimum absolute atomic E-state index is 0.143. The Labute approximate surface area is 180 Å². The molecule has 2 amide bonds. The third-order valence-corrected chi connectivity index (χ3v) is 5.85. The number of nitrogens with one attached hydrogen (secondary N) is 1. The molecule has 9 heteroatoms. The second kappa shape index (κ2) is 8.25. The second-order valence-electron chi connectivity index (χ2n) is 6.76. The van der Waals surface area contributed by atoms with Gasteiger partial charge >= 0.3 is 5.97 Å². The molecule has 1 atom stereocenters. The Balaban J connectivity index is 1.72. The predicted molar refractivity (Wildman–Crippen MR) is 113 cm³/mol. The van der Waals surface area contributed by atoms with Crippen molar-refractivity contribution < 1.29 is 19.5 Å². The van der Waals surface area contributed by atoms with Crippen molar-refractivity contribution in [2.75, 3.05) is 5.32 Å². The van der Waals surface area contributed by atoms with E-state index in [0.717, 1.165) is 5.01 Å². The number of anilines is 1. The van der Waals surface area contributed by atoms with E-state index in [1.54, 1.807) is 36.5 Å². The number of fused-ring (bicyclic) bond motifs is 1. The third kappa shape index (κ3) is 4.05. The highest BCUT2D eigenvalue weighted by atomic mass is 35.5. The molecule has 2 heterocycles. The van der Waals surface area contributed by atoms with Crippen LogP contribution in [0.1, 0.15) is 31.3 Å². The van der Waals surface area contributed by atoms with Crippen LogP contribution in [0.4, 0.5) is 5.69 Å². The second-order valence-corrected chi connectivity index (χ2v) is 8.18. The van der Waals surface area contributed by atoms with E-state index in [9.17, 15) is 14.4 Å². The van der Waals surface area contributed by atoms with Gasteiger partial charge in [0.2, 0.25) is 5.91 Å². The summed E-state index contributed by atoms with van der Waals surface area (Å²) >= 11 is 7.46. The maximum absolute atomic E-state index is 13.4. The summed E-state index contributed by atoms with van der Waals surface area (Å²) in [7, 11) is 0. The zero-order chi connectivity index (χ0) is 21.3. The van der Waals surface area contributed by atoms with Gasteiger partial charge in [-0.1, -0.05) is 23.7 Å². The van der Waals surface area contributed by atoms with Gasteiger partial charge in [-0.3, -0.25) is 9.59 Å². The summed E-state index contributed by atoms with van der Waals surface area (Å²) in [6, 6.07) is 10.2. The van der Waals surface area contributed by atoms with Crippen molar-refractivity contribution in [2.45, 2.75) is 19.0 Å². The van der Waals surface area contributed by atoms with Gasteiger partial charge in [-0.15, -0.1) is 11.3 Å². The Hall–Kier alpha value is -3.23. The molecule has 0 fully saturated rings. The Morgan fingerprint density at radius 1 is 1.20 bits per heavy atom. The first-order chi connectivity index (χ1) is 14.4. The number of aromatic carboxylic acids is 1. The predicted octanol–water partition coefficient (Wildman–Crippen LogP) is 3.70. The lowest BCUT2D eigenvalue weighted by Crippen LogP contribution is -2.46. The normalized spacial score (nSPS) is 16.0. The van der Waals surface area contributed by atoms with E-state index in [1.165, 1.54) is 28.4 Å². The van der Waals surface area contributed by atoms with Crippen molar-refractivity contribution in [3.63, 3.8) is 0 Å². The van der Waals surface area contributed by atoms with Gasteiger partial charge in [-0.05, 0) is 35.9 Å². The number of carboxylic acids is 1. The van der Waals surface area contributed by atoms with Crippen LogP contribution in [0.15, 0.2) is 54.0 Å². The van der Waals surface area contributed by atoms with Gasteiger partial charge < -0.3 is 15.3 Å². The molecule has 0 spiro atoms. The summed E-state index contributed by atoms with van der Waals surface area (Å²) in [5.41, 5.74) is 1.57. The monoisotopic (exact) mass is 441 g/mol. The summed E-state index contributed by atoms with van der Waals surface area (Å²) in [5, 5.41) is 14.9. The summed E-state index contributed by atoms with van der Waals surface area (Å²) in [4.78, 5) is 43.3. The molecule has 0 unspecified atom stereocenters. The number of carbonyl (C=O) groups excluding carboxylic acids is 2. The molecular weight excluding hydrogens is 426 g/mol. The molecule has 0 aliphatic carbocycles. The highest BCUT2D eigenvalue weighted by molar-refractivity contribution is 7.09. The first-order valence-corrected chi connectivity index (χ1v) is 10.3. The molecule has 1 aromatic heterocycles. The zero-order valence-corrected chi connectivity index (χ0v) is 17.1. The number of aromatic nitrogens is 1. The van der Waals surface area contributed by atoms with Crippen LogP contribution in [-0.4, -0.2) is 38.8 Å². The topological polar surface area (TPSA) is 99.6 Å². The van der Waals surface area contributed by atoms with Crippen molar-refractivity contribution in [2.24, 2.45) is 0 Å². The average molecular weight is 442 g/mol. The fourth-order valence-electron chi connectivity index (χ4n) is 3.31. The Bertz CT molecular complexity index is 1120. The standard InChI is InChI=1S/C21H16ClN3O4S/c22-14-5-6-15-16(9-14)24-19(26)17(10-18-23-7-8-30-18)25(20(15)27)11-12-1-3-13(4-2-12)21(28)29/h1-9,17H,10-11H2,(H,24,26)(H,28,29)/t17-/m1/s1. The van der Waals surface area contributed by atoms with Crippen LogP contribution in [0.25, 0.3) is 0 Å². The summed E-state index contributed by atoms with van der Waals surface area (Å²) in [5.74, 6) is -1.68. The van der Waals surface area contributed by atoms with Crippen LogP contribution < -0.4 is 5.32 Å². The van der Waals surface area contributed by atoms with Gasteiger partial charge in [0.1, 0.15) is 6.04 Å². The molecule has 152 valence electrons. The average Bonchev–Trinajstić information content (AvgIpc) is 3.21. The van der Waals surface area contributed by atoms with Crippen LogP contribution in [0.5, 0.6) is 0 Å². The van der Waals surface area contributed by atoms with Crippen LogP contribution in [0.3, 0.4) is 0 Å². The van der Waals surface area contributed by atoms with Crippen LogP contribution >= 0.6 is 22.9 Å². The molecule has 2 aromatic carbocycles. The van der Waals surface area contributed by atoms with Crippen molar-refractivity contribution in [3.8, 4) is 0 Å². The molecule has 1 aliphatic rings. The largest absolute Gasteiger partial charge is 0.478 e. The molecule has 1 aliphatic heterocycles. The smallest absolute Gasteiger partial charge is 0.335 e. The maximum Gasteiger partial charge on any atom is 0.335 e. The molecule has 3 aromatic rings. The highest BCUT2D eigenvalue weighted by Gasteiger charge is 2.36. The Kier molecular flexibility index (Phi) is 5.52. The van der Waals surface area contributed by atoms with Gasteiger partial charge in [0.15, 0.2) is 0 Å². The number of hydrogen-bond acceptors (Lipinski definition) is 5. The van der Waals surface area contributed by atoms with Crippen molar-refractivity contribution in [1.82, 2.24) is 9.88 Å². The summed E-state index contributed by atoms with van der Waals surface area (Å²) < 4.78 is 0. The van der Waals surface area contributed by atoms with Gasteiger partial charge in [0, 0.05) is 29.6 Å². The number of carbonyl (C=O) groups is 3. The summed E-state index contributed by atoms with van der Waals surface area (Å²) in [6.07, 6.45) is 1.92. The lowest BCUT2D eigenvalue weighted by atomic mass is 10.1. The first-order valence-electron chi connectivity index (χ1n) is 9.04. The zero-order valence-electron chi connectivity index (χ0n) is 15.5. The minimum Gasteiger partial charge on any atom is -0.478 e. The molecule has 30 heavy (non-hydrogen) atoms. The van der Waals surface area contributed by atoms with E-state index in [1.807, 2.05) is 5.38 Å². The number of benzene rings is 2. The first kappa shape index (κ1) is 20.1. The molecule has 2 N–H and O–H groups in total. The number of amides is 2. The lowest BCUT2D eigenvalue weighted by molar-refractivity contribution is -0.120. The SMILES string of the molecule is O=C(O)c1ccc(CN2C(=O)c3ccc(Cl)cc3NC(=O)[C@H]2Cc2nccs2)cc1. The quantitative estimate of drug-likeness (QED) is 0.628. The number of hydrogen-bond donors (Lipinski definition) is 2. The van der Waals surface area contributed by atoms with Crippen LogP contribution in [0.2, 0.25) is 5.02 Å². The Morgan fingerprint density at radius 2 is 1.97 bits per heavy atom. The van der Waals surface area contributed by atoms with Crippen LogP contribution in [0, 0.1) is 0 Å². The maximum atomic E-state index is 13.4. The fourth-order valence-corrected chi connectivity index (χ4v) is 4.14. The van der Waals surface area contributed by atoms with Gasteiger partial charge in [-0.25, -0.2) is 9.78 Å². The molecule has 4 rings (SSSR count). The highest BCUT2D eigenvalue weighted by Crippen LogP contribution is 2.29. The van der Waals surface area contributed by atoms with Gasteiger partial charge in [-0.2, -0.15) is 0 Å². The van der Waals surface area contributed by atoms with E-state index in [-0.39, 0.29) is 30.3 Å². The van der Waals surface area contributed by atoms with E-state index >= 15 is 0 Å². The third-order valence-electron chi connectivity index (χ3n) is 4.81. The fraction of sp³-hybridized carbons (Fsp3) is 0.143. The van der Waals surface area contributed by atoms with E-state index in [4.69, 9.17) is 16.7 Å². The number of thiazole rings is 1. The van der Waals surface area contributed by atoms with Crippen molar-refractivity contribution in [1.29, 1.82) is 0 Å². The van der Waals surface area contributed by atoms with Crippen molar-refractivity contribution >= 4 is 46.4 Å². The molecular formula is C21H16ClN3O4S. The van der Waals surface area contributed by atoms with Gasteiger partial charge in [0.25, 0.3) is 5.91 Å². The van der Waals surface area contributed by atoms with E-state index in [2.05, 4.69) is 10.3 Å². The van der Waals surface area contributed by atoms with Crippen molar-refractivity contribution in [3.05, 3.63) is 80.8 Å². The molecule has 0 saturated carbocycles. The van der Waals surface area contributed by atoms with E-state index in [0.29, 0.717) is 21.8 Å². The minimum atomic E-state index is -1.03. The van der Waals surface area contributed by atoms with E-state index < -0.39 is 12.0 Å². The lowest BCUT2D eigenvalue weighted by Gasteiger charge is -2.28. The molecule has 0 bridgehead atoms. The number of halogens is 1. The number of nitrogens with zero attached hydrogens (tertiary/aromatic N) is 2. The van der Waals surface area contributed by atoms with Gasteiger partial charge in [0.05, 0.1) is 21.8 Å². The Morgan fingerprint density at radius 3 is 2.63 bits per heavy atom. The molecule has 0 radical (unpaired) electrons. The number of carboxylic acid groups (broad SMARTS) is 1. The van der Waals surface area contributed by atoms with Crippen LogP contribution in [-0.2, 0) is 17.8 Å². The molecule has 7 nitrogen and oxygen atoms in total.